The third-order valence-electron chi connectivity index (χ3n) is 5.99. The van der Waals surface area contributed by atoms with Crippen LogP contribution in [0.4, 0.5) is 0 Å². The summed E-state index contributed by atoms with van der Waals surface area (Å²) in [5.41, 5.74) is 0.759. The third-order valence-corrected chi connectivity index (χ3v) is 7.85. The molecule has 0 spiro atoms. The topological polar surface area (TPSA) is 70.2 Å². The normalized spacial score (nSPS) is 20.7. The van der Waals surface area contributed by atoms with Crippen LogP contribution in [0.1, 0.15) is 31.0 Å². The van der Waals surface area contributed by atoms with E-state index in [0.29, 0.717) is 31.8 Å². The van der Waals surface area contributed by atoms with E-state index in [1.807, 2.05) is 12.1 Å². The van der Waals surface area contributed by atoms with Gasteiger partial charge < -0.3 is 9.64 Å². The van der Waals surface area contributed by atoms with Gasteiger partial charge in [0.15, 0.2) is 0 Å². The largest absolute Gasteiger partial charge is 0.497 e. The lowest BCUT2D eigenvalue weighted by Gasteiger charge is -2.43. The Morgan fingerprint density at radius 3 is 2.26 bits per heavy atom. The second-order valence-corrected chi connectivity index (χ2v) is 9.89. The molecule has 4 rings (SSSR count). The van der Waals surface area contributed by atoms with Gasteiger partial charge in [-0.1, -0.05) is 30.3 Å². The van der Waals surface area contributed by atoms with Crippen molar-refractivity contribution in [3.8, 4) is 5.75 Å². The number of carbonyl (C=O) groups is 1. The fraction of sp³-hybridized carbons (Fsp3) is 0.435. The van der Waals surface area contributed by atoms with E-state index in [-0.39, 0.29) is 10.8 Å². The number of methoxy groups -OCH3 is 1. The molecule has 8 heteroatoms. The van der Waals surface area contributed by atoms with Crippen LogP contribution < -0.4 is 4.74 Å². The highest BCUT2D eigenvalue weighted by Crippen LogP contribution is 2.35. The van der Waals surface area contributed by atoms with Crippen molar-refractivity contribution in [3.63, 3.8) is 0 Å². The van der Waals surface area contributed by atoms with Crippen LogP contribution in [0.3, 0.4) is 0 Å². The summed E-state index contributed by atoms with van der Waals surface area (Å²) in [5, 5.41) is 0. The zero-order valence-electron chi connectivity index (χ0n) is 17.8. The molecule has 0 N–H and O–H groups in total. The van der Waals surface area contributed by atoms with E-state index in [1.165, 1.54) is 4.31 Å². The van der Waals surface area contributed by atoms with Crippen molar-refractivity contribution < 1.29 is 17.9 Å². The van der Waals surface area contributed by atoms with E-state index in [4.69, 9.17) is 4.74 Å². The standard InChI is InChI=1S/C23H29N3O4S/c1-30-20-12-10-19(11-13-20)23-25(22(27)18-24-14-5-6-15-24)16-7-17-26(23)31(28,29)21-8-3-2-4-9-21/h2-4,8-13,23H,5-7,14-18H2,1H3. The number of hydrogen-bond acceptors (Lipinski definition) is 5. The predicted octanol–water partition coefficient (Wildman–Crippen LogP) is 2.71. The van der Waals surface area contributed by atoms with Gasteiger partial charge in [0.05, 0.1) is 18.6 Å². The first-order valence-electron chi connectivity index (χ1n) is 10.7. The number of sulfonamides is 1. The molecule has 0 aromatic heterocycles. The van der Waals surface area contributed by atoms with Crippen LogP contribution in [0.2, 0.25) is 0 Å². The first kappa shape index (κ1) is 21.8. The molecule has 2 aromatic carbocycles. The quantitative estimate of drug-likeness (QED) is 0.687. The summed E-state index contributed by atoms with van der Waals surface area (Å²) in [5.74, 6) is 0.655. The van der Waals surface area contributed by atoms with E-state index < -0.39 is 16.2 Å². The van der Waals surface area contributed by atoms with Crippen molar-refractivity contribution >= 4 is 15.9 Å². The summed E-state index contributed by atoms with van der Waals surface area (Å²) in [6.45, 7) is 3.05. The fourth-order valence-electron chi connectivity index (χ4n) is 4.38. The lowest BCUT2D eigenvalue weighted by Crippen LogP contribution is -2.53. The van der Waals surface area contributed by atoms with Crippen molar-refractivity contribution in [2.75, 3.05) is 39.8 Å². The zero-order valence-corrected chi connectivity index (χ0v) is 18.6. The average molecular weight is 444 g/mol. The molecule has 2 fully saturated rings. The maximum absolute atomic E-state index is 13.6. The van der Waals surface area contributed by atoms with Crippen molar-refractivity contribution in [1.82, 2.24) is 14.1 Å². The summed E-state index contributed by atoms with van der Waals surface area (Å²) < 4.78 is 33.9. The highest BCUT2D eigenvalue weighted by molar-refractivity contribution is 7.89. The average Bonchev–Trinajstić information content (AvgIpc) is 3.32. The summed E-state index contributed by atoms with van der Waals surface area (Å²) in [6.07, 6.45) is 2.12. The Morgan fingerprint density at radius 2 is 1.61 bits per heavy atom. The molecule has 0 aliphatic carbocycles. The second kappa shape index (κ2) is 9.38. The molecule has 7 nitrogen and oxygen atoms in total. The van der Waals surface area contributed by atoms with Crippen molar-refractivity contribution in [3.05, 3.63) is 60.2 Å². The van der Waals surface area contributed by atoms with Gasteiger partial charge in [-0.2, -0.15) is 4.31 Å². The number of carbonyl (C=O) groups excluding carboxylic acids is 1. The molecule has 1 amide bonds. The zero-order chi connectivity index (χ0) is 21.8. The van der Waals surface area contributed by atoms with E-state index in [1.54, 1.807) is 54.5 Å². The van der Waals surface area contributed by atoms with Gasteiger partial charge >= 0.3 is 0 Å². The van der Waals surface area contributed by atoms with Crippen LogP contribution in [0.5, 0.6) is 5.75 Å². The Bertz CT molecular complexity index is 989. The number of ether oxygens (including phenoxy) is 1. The van der Waals surface area contributed by atoms with Crippen molar-refractivity contribution in [2.45, 2.75) is 30.3 Å². The first-order valence-corrected chi connectivity index (χ1v) is 12.2. The van der Waals surface area contributed by atoms with Gasteiger partial charge in [-0.15, -0.1) is 0 Å². The minimum Gasteiger partial charge on any atom is -0.497 e. The Morgan fingerprint density at radius 1 is 0.935 bits per heavy atom. The molecule has 0 radical (unpaired) electrons. The Kier molecular flexibility index (Phi) is 6.60. The van der Waals surface area contributed by atoms with Crippen LogP contribution in [0.15, 0.2) is 59.5 Å². The molecule has 2 saturated heterocycles. The van der Waals surface area contributed by atoms with E-state index >= 15 is 0 Å². The molecule has 0 bridgehead atoms. The third kappa shape index (κ3) is 4.61. The van der Waals surface area contributed by atoms with Crippen molar-refractivity contribution in [1.29, 1.82) is 0 Å². The van der Waals surface area contributed by atoms with E-state index in [2.05, 4.69) is 4.90 Å². The molecule has 2 heterocycles. The smallest absolute Gasteiger partial charge is 0.245 e. The Labute approximate surface area is 184 Å². The SMILES string of the molecule is COc1ccc(C2N(C(=O)CN3CCCC3)CCCN2S(=O)(=O)c2ccccc2)cc1. The molecule has 2 aliphatic rings. The molecule has 2 aliphatic heterocycles. The van der Waals surface area contributed by atoms with Gasteiger partial charge in [0, 0.05) is 13.1 Å². The molecule has 1 unspecified atom stereocenters. The lowest BCUT2D eigenvalue weighted by atomic mass is 10.1. The summed E-state index contributed by atoms with van der Waals surface area (Å²) in [4.78, 5) is 17.4. The molecule has 2 aromatic rings. The minimum atomic E-state index is -3.77. The van der Waals surface area contributed by atoms with E-state index in [0.717, 1.165) is 31.5 Å². The maximum atomic E-state index is 13.6. The first-order chi connectivity index (χ1) is 15.0. The van der Waals surface area contributed by atoms with Crippen LogP contribution in [-0.2, 0) is 14.8 Å². The van der Waals surface area contributed by atoms with Crippen molar-refractivity contribution in [2.24, 2.45) is 0 Å². The molecular weight excluding hydrogens is 414 g/mol. The maximum Gasteiger partial charge on any atom is 0.245 e. The summed E-state index contributed by atoms with van der Waals surface area (Å²) in [7, 11) is -2.18. The molecular formula is C23H29N3O4S. The second-order valence-electron chi connectivity index (χ2n) is 8.00. The minimum absolute atomic E-state index is 0.0318. The van der Waals surface area contributed by atoms with Crippen LogP contribution in [0, 0.1) is 0 Å². The van der Waals surface area contributed by atoms with Gasteiger partial charge in [0.25, 0.3) is 0 Å². The summed E-state index contributed by atoms with van der Waals surface area (Å²) >= 11 is 0. The predicted molar refractivity (Wildman–Crippen MR) is 118 cm³/mol. The van der Waals surface area contributed by atoms with Crippen LogP contribution in [0.25, 0.3) is 0 Å². The lowest BCUT2D eigenvalue weighted by molar-refractivity contribution is -0.139. The molecule has 166 valence electrons. The monoisotopic (exact) mass is 443 g/mol. The van der Waals surface area contributed by atoms with Crippen LogP contribution >= 0.6 is 0 Å². The Balaban J connectivity index is 1.71. The number of benzene rings is 2. The Hall–Kier alpha value is -2.42. The van der Waals surface area contributed by atoms with Gasteiger partial charge in [0.2, 0.25) is 15.9 Å². The van der Waals surface area contributed by atoms with Gasteiger partial charge in [0.1, 0.15) is 11.9 Å². The molecule has 31 heavy (non-hydrogen) atoms. The molecule has 0 saturated carbocycles. The fourth-order valence-corrected chi connectivity index (χ4v) is 6.02. The van der Waals surface area contributed by atoms with E-state index in [9.17, 15) is 13.2 Å². The number of nitrogens with zero attached hydrogens (tertiary/aromatic N) is 3. The summed E-state index contributed by atoms with van der Waals surface area (Å²) in [6, 6.07) is 15.7. The highest BCUT2D eigenvalue weighted by Gasteiger charge is 2.41. The highest BCUT2D eigenvalue weighted by atomic mass is 32.2. The number of likely N-dealkylation sites (tertiary alicyclic amines) is 1. The van der Waals surface area contributed by atoms with Gasteiger partial charge in [-0.3, -0.25) is 9.69 Å². The number of hydrogen-bond donors (Lipinski definition) is 0. The number of amides is 1. The number of rotatable bonds is 6. The van der Waals surface area contributed by atoms with Crippen LogP contribution in [-0.4, -0.2) is 68.3 Å². The van der Waals surface area contributed by atoms with Gasteiger partial charge in [-0.25, -0.2) is 8.42 Å². The molecule has 1 atom stereocenters. The van der Waals surface area contributed by atoms with Gasteiger partial charge in [-0.05, 0) is 62.2 Å².